The van der Waals surface area contributed by atoms with E-state index >= 15 is 0 Å². The van der Waals surface area contributed by atoms with Gasteiger partial charge in [-0.05, 0) is 79.5 Å². The number of hydrogen-bond donors (Lipinski definition) is 2. The van der Waals surface area contributed by atoms with Crippen molar-refractivity contribution in [1.29, 1.82) is 0 Å². The summed E-state index contributed by atoms with van der Waals surface area (Å²) in [5.74, 6) is 3.25. The van der Waals surface area contributed by atoms with Gasteiger partial charge in [0, 0.05) is 19.1 Å². The number of rotatable bonds is 5. The minimum absolute atomic E-state index is 0.0496. The van der Waals surface area contributed by atoms with Gasteiger partial charge in [0.2, 0.25) is 0 Å². The fourth-order valence-electron chi connectivity index (χ4n) is 6.42. The zero-order valence-corrected chi connectivity index (χ0v) is 16.8. The molecule has 0 aliphatic heterocycles. The van der Waals surface area contributed by atoms with Crippen LogP contribution in [0.4, 0.5) is 0 Å². The molecule has 2 saturated carbocycles. The zero-order chi connectivity index (χ0) is 19.2. The van der Waals surface area contributed by atoms with Crippen LogP contribution >= 0.6 is 0 Å². The Morgan fingerprint density at radius 2 is 1.96 bits per heavy atom. The summed E-state index contributed by atoms with van der Waals surface area (Å²) in [5, 5.41) is 11.2. The fraction of sp³-hybridized carbons (Fsp3) is 0.727. The number of nitrogens with two attached hydrogens (primary N) is 1. The van der Waals surface area contributed by atoms with E-state index in [0.717, 1.165) is 43.6 Å². The Labute approximate surface area is 162 Å². The minimum atomic E-state index is -0.696. The number of aryl methyl sites for hydroxylation is 1. The highest BCUT2D eigenvalue weighted by molar-refractivity contribution is 5.50. The van der Waals surface area contributed by atoms with E-state index in [1.54, 1.807) is 14.2 Å². The maximum Gasteiger partial charge on any atom is 0.188 e. The predicted octanol–water partition coefficient (Wildman–Crippen LogP) is 3.22. The fourth-order valence-corrected chi connectivity index (χ4v) is 6.42. The van der Waals surface area contributed by atoms with Crippen molar-refractivity contribution in [2.45, 2.75) is 57.0 Å². The molecule has 0 saturated heterocycles. The van der Waals surface area contributed by atoms with E-state index in [2.05, 4.69) is 19.1 Å². The molecule has 5 heteroatoms. The number of aliphatic hydroxyl groups is 1. The van der Waals surface area contributed by atoms with Crippen LogP contribution in [0.25, 0.3) is 0 Å². The Hall–Kier alpha value is -1.30. The molecule has 4 rings (SSSR count). The van der Waals surface area contributed by atoms with E-state index < -0.39 is 5.60 Å². The van der Waals surface area contributed by atoms with E-state index in [1.165, 1.54) is 17.5 Å². The number of hydrogen-bond acceptors (Lipinski definition) is 5. The van der Waals surface area contributed by atoms with Gasteiger partial charge in [-0.1, -0.05) is 6.92 Å². The van der Waals surface area contributed by atoms with Crippen LogP contribution in [0, 0.1) is 17.3 Å². The molecule has 0 spiro atoms. The van der Waals surface area contributed by atoms with E-state index in [9.17, 15) is 5.11 Å². The summed E-state index contributed by atoms with van der Waals surface area (Å²) in [4.78, 5) is 0. The molecule has 150 valence electrons. The number of fused-ring (bicyclic) bond motifs is 5. The lowest BCUT2D eigenvalue weighted by Crippen LogP contribution is -2.54. The molecule has 2 fully saturated rings. The number of ether oxygens (including phenoxy) is 3. The van der Waals surface area contributed by atoms with Gasteiger partial charge < -0.3 is 25.1 Å². The van der Waals surface area contributed by atoms with E-state index in [4.69, 9.17) is 19.9 Å². The third-order valence-corrected chi connectivity index (χ3v) is 8.00. The Bertz CT molecular complexity index is 708. The maximum absolute atomic E-state index is 11.2. The summed E-state index contributed by atoms with van der Waals surface area (Å²) in [6, 6.07) is 4.33. The first kappa shape index (κ1) is 19.0. The van der Waals surface area contributed by atoms with Crippen LogP contribution in [0.2, 0.25) is 0 Å². The van der Waals surface area contributed by atoms with Crippen LogP contribution in [0.3, 0.4) is 0 Å². The van der Waals surface area contributed by atoms with E-state index in [1.807, 2.05) is 0 Å². The largest absolute Gasteiger partial charge is 0.493 e. The summed E-state index contributed by atoms with van der Waals surface area (Å²) < 4.78 is 16.4. The molecule has 0 aromatic heterocycles. The lowest BCUT2D eigenvalue weighted by molar-refractivity contribution is -0.0960. The van der Waals surface area contributed by atoms with Crippen molar-refractivity contribution in [1.82, 2.24) is 0 Å². The second-order valence-electron chi connectivity index (χ2n) is 8.90. The summed E-state index contributed by atoms with van der Waals surface area (Å²) in [6.07, 6.45) is 6.30. The molecule has 27 heavy (non-hydrogen) atoms. The van der Waals surface area contributed by atoms with Crippen molar-refractivity contribution in [2.75, 3.05) is 27.6 Å². The zero-order valence-electron chi connectivity index (χ0n) is 16.8. The highest BCUT2D eigenvalue weighted by Crippen LogP contribution is 2.64. The van der Waals surface area contributed by atoms with Crippen molar-refractivity contribution in [3.63, 3.8) is 0 Å². The van der Waals surface area contributed by atoms with Crippen LogP contribution in [-0.2, 0) is 11.2 Å². The van der Waals surface area contributed by atoms with Crippen LogP contribution in [0.5, 0.6) is 11.5 Å². The smallest absolute Gasteiger partial charge is 0.188 e. The molecule has 1 aromatic carbocycles. The van der Waals surface area contributed by atoms with Gasteiger partial charge in [0.1, 0.15) is 0 Å². The second kappa shape index (κ2) is 6.94. The molecule has 0 heterocycles. The average Bonchev–Trinajstić information content (AvgIpc) is 2.97. The molecule has 5 atom stereocenters. The molecule has 0 radical (unpaired) electrons. The van der Waals surface area contributed by atoms with Crippen molar-refractivity contribution < 1.29 is 19.3 Å². The monoisotopic (exact) mass is 375 g/mol. The molecule has 0 bridgehead atoms. The van der Waals surface area contributed by atoms with Gasteiger partial charge in [-0.3, -0.25) is 0 Å². The Balaban J connectivity index is 1.66. The van der Waals surface area contributed by atoms with Crippen LogP contribution in [-0.4, -0.2) is 38.3 Å². The highest BCUT2D eigenvalue weighted by atomic mass is 16.7. The Morgan fingerprint density at radius 3 is 2.67 bits per heavy atom. The summed E-state index contributed by atoms with van der Waals surface area (Å²) in [5.41, 5.74) is 8.05. The van der Waals surface area contributed by atoms with Crippen LogP contribution in [0.15, 0.2) is 12.1 Å². The lowest BCUT2D eigenvalue weighted by atomic mass is 9.53. The van der Waals surface area contributed by atoms with E-state index in [-0.39, 0.29) is 12.2 Å². The molecular formula is C22H33NO4. The number of methoxy groups -OCH3 is 2. The van der Waals surface area contributed by atoms with Crippen molar-refractivity contribution >= 4 is 0 Å². The molecule has 3 aliphatic rings. The standard InChI is InChI=1S/C22H33NO4/c1-21-8-6-15-16(18(21)7-9-22(21,24)12-23)5-4-14-10-20(27-13-25-2)19(26-3)11-17(14)15/h10-11,15-16,18,24H,4-9,12-13,23H2,1-3H3/t15-,16+,18-,21-,22+/m0/s1. The molecule has 3 N–H and O–H groups in total. The van der Waals surface area contributed by atoms with Crippen LogP contribution < -0.4 is 15.2 Å². The topological polar surface area (TPSA) is 73.9 Å². The van der Waals surface area contributed by atoms with Gasteiger partial charge in [-0.25, -0.2) is 0 Å². The summed E-state index contributed by atoms with van der Waals surface area (Å²) in [6.45, 7) is 2.88. The molecule has 5 nitrogen and oxygen atoms in total. The third-order valence-electron chi connectivity index (χ3n) is 8.00. The van der Waals surface area contributed by atoms with Gasteiger partial charge in [0.15, 0.2) is 18.3 Å². The van der Waals surface area contributed by atoms with Gasteiger partial charge in [0.05, 0.1) is 12.7 Å². The SMILES string of the molecule is COCOc1cc2c(cc1OC)[C@H]1CC[C@@]3(C)[C@@H](CC[C@@]3(O)CN)[C@@H]1CC2. The van der Waals surface area contributed by atoms with Crippen molar-refractivity contribution in [3.8, 4) is 11.5 Å². The van der Waals surface area contributed by atoms with Crippen molar-refractivity contribution in [3.05, 3.63) is 23.3 Å². The average molecular weight is 376 g/mol. The molecule has 0 amide bonds. The Kier molecular flexibility index (Phi) is 4.90. The lowest BCUT2D eigenvalue weighted by Gasteiger charge is -2.53. The quantitative estimate of drug-likeness (QED) is 0.773. The Morgan fingerprint density at radius 1 is 1.15 bits per heavy atom. The third kappa shape index (κ3) is 2.78. The van der Waals surface area contributed by atoms with Gasteiger partial charge in [-0.15, -0.1) is 0 Å². The summed E-state index contributed by atoms with van der Waals surface area (Å²) >= 11 is 0. The molecule has 3 aliphatic carbocycles. The highest BCUT2D eigenvalue weighted by Gasteiger charge is 2.60. The van der Waals surface area contributed by atoms with Gasteiger partial charge in [-0.2, -0.15) is 0 Å². The predicted molar refractivity (Wildman–Crippen MR) is 104 cm³/mol. The van der Waals surface area contributed by atoms with Crippen molar-refractivity contribution in [2.24, 2.45) is 23.0 Å². The van der Waals surface area contributed by atoms with Gasteiger partial charge in [0.25, 0.3) is 0 Å². The van der Waals surface area contributed by atoms with Crippen LogP contribution in [0.1, 0.15) is 56.1 Å². The number of benzene rings is 1. The first-order chi connectivity index (χ1) is 13.0. The second-order valence-corrected chi connectivity index (χ2v) is 8.90. The molecular weight excluding hydrogens is 342 g/mol. The first-order valence-electron chi connectivity index (χ1n) is 10.2. The van der Waals surface area contributed by atoms with E-state index in [0.29, 0.717) is 24.3 Å². The summed E-state index contributed by atoms with van der Waals surface area (Å²) in [7, 11) is 3.32. The molecule has 1 aromatic rings. The minimum Gasteiger partial charge on any atom is -0.493 e. The normalized spacial score (nSPS) is 37.3. The first-order valence-corrected chi connectivity index (χ1v) is 10.2. The molecule has 0 unspecified atom stereocenters. The van der Waals surface area contributed by atoms with Gasteiger partial charge >= 0.3 is 0 Å². The maximum atomic E-state index is 11.2.